The van der Waals surface area contributed by atoms with Crippen molar-refractivity contribution in [3.8, 4) is 28.4 Å². The van der Waals surface area contributed by atoms with Crippen LogP contribution in [-0.2, 0) is 42.6 Å². The van der Waals surface area contributed by atoms with Crippen molar-refractivity contribution in [1.29, 1.82) is 0 Å². The van der Waals surface area contributed by atoms with E-state index in [0.29, 0.717) is 132 Å². The summed E-state index contributed by atoms with van der Waals surface area (Å²) in [6, 6.07) is 31.8. The predicted octanol–water partition coefficient (Wildman–Crippen LogP) is 11.1. The van der Waals surface area contributed by atoms with Crippen molar-refractivity contribution in [3.63, 3.8) is 0 Å². The third kappa shape index (κ3) is 30.6. The number of azo groups is 1. The molecular formula is C55H80N2O12S. The number of nitrogens with zero attached hydrogens (tertiary/aromatic N) is 2. The van der Waals surface area contributed by atoms with Crippen LogP contribution in [0.2, 0.25) is 0 Å². The molecule has 0 bridgehead atoms. The maximum atomic E-state index is 5.96. The Morgan fingerprint density at radius 2 is 0.543 bits per heavy atom. The van der Waals surface area contributed by atoms with E-state index in [2.05, 4.69) is 47.1 Å². The topological polar surface area (TPSA) is 135 Å². The third-order valence-corrected chi connectivity index (χ3v) is 10.8. The monoisotopic (exact) mass is 993 g/mol. The van der Waals surface area contributed by atoms with Crippen molar-refractivity contribution in [1.82, 2.24) is 0 Å². The molecule has 0 saturated heterocycles. The first kappa shape index (κ1) is 58.4. The summed E-state index contributed by atoms with van der Waals surface area (Å²) < 4.78 is 67.6. The highest BCUT2D eigenvalue weighted by molar-refractivity contribution is 7.80. The van der Waals surface area contributed by atoms with E-state index in [-0.39, 0.29) is 0 Å². The van der Waals surface area contributed by atoms with Gasteiger partial charge in [-0.2, -0.15) is 22.9 Å². The van der Waals surface area contributed by atoms with Crippen LogP contribution in [0, 0.1) is 6.92 Å². The van der Waals surface area contributed by atoms with Gasteiger partial charge in [-0.3, -0.25) is 0 Å². The van der Waals surface area contributed by atoms with Gasteiger partial charge in [0.2, 0.25) is 0 Å². The van der Waals surface area contributed by atoms with Gasteiger partial charge in [0.25, 0.3) is 0 Å². The van der Waals surface area contributed by atoms with Crippen molar-refractivity contribution in [2.75, 3.05) is 144 Å². The molecule has 14 nitrogen and oxygen atoms in total. The quantitative estimate of drug-likeness (QED) is 0.0256. The molecule has 0 radical (unpaired) electrons. The van der Waals surface area contributed by atoms with Crippen LogP contribution in [0.5, 0.6) is 17.2 Å². The predicted molar refractivity (Wildman–Crippen MR) is 278 cm³/mol. The Balaban J connectivity index is 0.798. The van der Waals surface area contributed by atoms with E-state index >= 15 is 0 Å². The normalized spacial score (nSPS) is 11.5. The Labute approximate surface area is 423 Å². The minimum Gasteiger partial charge on any atom is -0.494 e. The summed E-state index contributed by atoms with van der Waals surface area (Å²) in [6.45, 7) is 12.6. The molecule has 0 atom stereocenters. The summed E-state index contributed by atoms with van der Waals surface area (Å²) in [4.78, 5) is 0. The molecule has 0 aliphatic heterocycles. The summed E-state index contributed by atoms with van der Waals surface area (Å²) >= 11 is 4.28. The number of benzene rings is 4. The molecule has 70 heavy (non-hydrogen) atoms. The van der Waals surface area contributed by atoms with Crippen molar-refractivity contribution < 1.29 is 56.8 Å². The van der Waals surface area contributed by atoms with Crippen LogP contribution in [-0.4, -0.2) is 144 Å². The fourth-order valence-corrected chi connectivity index (χ4v) is 6.81. The molecule has 0 amide bonds. The van der Waals surface area contributed by atoms with Gasteiger partial charge in [-0.05, 0) is 97.3 Å². The summed E-state index contributed by atoms with van der Waals surface area (Å²) in [6.07, 6.45) is 10.2. The molecule has 4 aromatic rings. The first-order valence-electron chi connectivity index (χ1n) is 25.2. The van der Waals surface area contributed by atoms with E-state index in [9.17, 15) is 0 Å². The number of thiol groups is 1. The van der Waals surface area contributed by atoms with Gasteiger partial charge in [-0.25, -0.2) is 0 Å². The smallest absolute Gasteiger partial charge is 0.119 e. The highest BCUT2D eigenvalue weighted by Crippen LogP contribution is 2.25. The average Bonchev–Trinajstić information content (AvgIpc) is 3.39. The second kappa shape index (κ2) is 41.5. The van der Waals surface area contributed by atoms with E-state index in [0.717, 1.165) is 58.5 Å². The number of hydrogen-bond donors (Lipinski definition) is 1. The van der Waals surface area contributed by atoms with Gasteiger partial charge < -0.3 is 56.8 Å². The van der Waals surface area contributed by atoms with Crippen molar-refractivity contribution >= 4 is 24.0 Å². The Morgan fingerprint density at radius 3 is 0.871 bits per heavy atom. The number of aryl methyl sites for hydroxylation is 1. The second-order valence-corrected chi connectivity index (χ2v) is 16.6. The highest BCUT2D eigenvalue weighted by atomic mass is 32.1. The van der Waals surface area contributed by atoms with Crippen molar-refractivity contribution in [2.45, 2.75) is 58.3 Å². The Kier molecular flexibility index (Phi) is 34.6. The number of hydrogen-bond acceptors (Lipinski definition) is 15. The number of rotatable bonds is 46. The van der Waals surface area contributed by atoms with E-state index in [1.807, 2.05) is 79.7 Å². The molecule has 0 aliphatic carbocycles. The summed E-state index contributed by atoms with van der Waals surface area (Å²) in [5.74, 6) is 3.49. The molecule has 0 aromatic heterocycles. The number of unbranched alkanes of at least 4 members (excludes halogenated alkanes) is 7. The van der Waals surface area contributed by atoms with Gasteiger partial charge >= 0.3 is 0 Å². The lowest BCUT2D eigenvalue weighted by Gasteiger charge is -2.10. The summed E-state index contributed by atoms with van der Waals surface area (Å²) in [5.41, 5.74) is 5.05. The maximum absolute atomic E-state index is 5.96. The molecule has 0 aliphatic rings. The maximum Gasteiger partial charge on any atom is 0.119 e. The van der Waals surface area contributed by atoms with Crippen LogP contribution >= 0.6 is 12.6 Å². The van der Waals surface area contributed by atoms with Crippen LogP contribution in [0.15, 0.2) is 107 Å². The molecule has 15 heteroatoms. The zero-order valence-electron chi connectivity index (χ0n) is 41.7. The number of ether oxygens (including phenoxy) is 12. The fourth-order valence-electron chi connectivity index (χ4n) is 6.59. The Hall–Kier alpha value is -4.13. The van der Waals surface area contributed by atoms with Gasteiger partial charge in [0.1, 0.15) is 30.5 Å². The zero-order valence-corrected chi connectivity index (χ0v) is 42.6. The molecule has 4 rings (SSSR count). The van der Waals surface area contributed by atoms with Gasteiger partial charge in [0, 0.05) is 0 Å². The standard InChI is InChI=1S/C55H80N2O12S/c1-48-10-16-51(17-11-48)56-57-52-18-24-55(25-19-52)69-46-44-66-42-40-64-38-36-62-34-32-60-30-28-58-27-29-59-31-33-61-35-37-63-39-41-65-43-45-68-54-22-14-50(15-23-54)49-12-20-53(21-13-49)67-26-8-6-4-2-3-5-7-9-47-70/h10-25,70H,2-9,26-47H2,1H3. The lowest BCUT2D eigenvalue weighted by Crippen LogP contribution is -2.15. The first-order chi connectivity index (χ1) is 34.7. The highest BCUT2D eigenvalue weighted by Gasteiger charge is 2.03. The SMILES string of the molecule is Cc1ccc(N=Nc2ccc(OCCOCCOCCOCCOCCOCCOCCOCCOCCOCCOc3ccc(-c4ccc(OCCCCCCCCCCS)cc4)cc3)cc2)cc1. The molecule has 388 valence electrons. The van der Waals surface area contributed by atoms with E-state index < -0.39 is 0 Å². The Morgan fingerprint density at radius 1 is 0.286 bits per heavy atom. The second-order valence-electron chi connectivity index (χ2n) is 16.2. The van der Waals surface area contributed by atoms with Crippen molar-refractivity contribution in [2.24, 2.45) is 10.2 Å². The lowest BCUT2D eigenvalue weighted by atomic mass is 10.1. The van der Waals surface area contributed by atoms with E-state index in [1.165, 1.54) is 50.5 Å². The van der Waals surface area contributed by atoms with Gasteiger partial charge in [-0.1, -0.05) is 80.5 Å². The molecule has 0 unspecified atom stereocenters. The molecule has 4 aromatic carbocycles. The van der Waals surface area contributed by atoms with Gasteiger partial charge in [-0.15, -0.1) is 0 Å². The third-order valence-electron chi connectivity index (χ3n) is 10.5. The van der Waals surface area contributed by atoms with Crippen LogP contribution in [0.3, 0.4) is 0 Å². The zero-order chi connectivity index (χ0) is 49.0. The minimum atomic E-state index is 0.446. The molecule has 0 N–H and O–H groups in total. The molecule has 0 heterocycles. The molecule has 0 fully saturated rings. The largest absolute Gasteiger partial charge is 0.494 e. The fraction of sp³-hybridized carbons (Fsp3) is 0.564. The van der Waals surface area contributed by atoms with E-state index in [4.69, 9.17) is 56.8 Å². The minimum absolute atomic E-state index is 0.446. The molecule has 0 saturated carbocycles. The van der Waals surface area contributed by atoms with Crippen LogP contribution in [0.1, 0.15) is 56.9 Å². The molecule has 0 spiro atoms. The van der Waals surface area contributed by atoms with Crippen molar-refractivity contribution in [3.05, 3.63) is 103 Å². The lowest BCUT2D eigenvalue weighted by molar-refractivity contribution is -0.0257. The average molecular weight is 993 g/mol. The first-order valence-corrected chi connectivity index (χ1v) is 25.8. The molecular weight excluding hydrogens is 913 g/mol. The van der Waals surface area contributed by atoms with Gasteiger partial charge in [0.05, 0.1) is 137 Å². The Bertz CT molecular complexity index is 1820. The summed E-state index contributed by atoms with van der Waals surface area (Å²) in [5, 5.41) is 8.52. The van der Waals surface area contributed by atoms with Crippen LogP contribution < -0.4 is 14.2 Å². The van der Waals surface area contributed by atoms with Gasteiger partial charge in [0.15, 0.2) is 0 Å². The van der Waals surface area contributed by atoms with E-state index in [1.54, 1.807) is 0 Å². The van der Waals surface area contributed by atoms with Crippen LogP contribution in [0.4, 0.5) is 11.4 Å². The summed E-state index contributed by atoms with van der Waals surface area (Å²) in [7, 11) is 0. The van der Waals surface area contributed by atoms with Crippen LogP contribution in [0.25, 0.3) is 11.1 Å².